The first-order valence-electron chi connectivity index (χ1n) is 6.63. The zero-order chi connectivity index (χ0) is 15.0. The highest BCUT2D eigenvalue weighted by Crippen LogP contribution is 2.42. The lowest BCUT2D eigenvalue weighted by atomic mass is 9.93. The van der Waals surface area contributed by atoms with Gasteiger partial charge in [-0.3, -0.25) is 0 Å². The van der Waals surface area contributed by atoms with Crippen molar-refractivity contribution in [1.29, 1.82) is 0 Å². The molecule has 3 nitrogen and oxygen atoms in total. The maximum atomic E-state index is 13.2. The fraction of sp³-hybridized carbons (Fsp3) is 0.250. The van der Waals surface area contributed by atoms with Crippen molar-refractivity contribution >= 4 is 15.9 Å². The molecule has 110 valence electrons. The minimum atomic E-state index is -0.284. The van der Waals surface area contributed by atoms with Crippen molar-refractivity contribution in [2.24, 2.45) is 5.73 Å². The largest absolute Gasteiger partial charge is 0.497 e. The van der Waals surface area contributed by atoms with Gasteiger partial charge in [0.15, 0.2) is 0 Å². The lowest BCUT2D eigenvalue weighted by Gasteiger charge is -2.31. The zero-order valence-electron chi connectivity index (χ0n) is 11.5. The van der Waals surface area contributed by atoms with Gasteiger partial charge in [-0.2, -0.15) is 0 Å². The van der Waals surface area contributed by atoms with Crippen LogP contribution in [0.5, 0.6) is 11.5 Å². The predicted molar refractivity (Wildman–Crippen MR) is 82.0 cm³/mol. The molecule has 1 aliphatic heterocycles. The van der Waals surface area contributed by atoms with E-state index >= 15 is 0 Å². The fourth-order valence-electron chi connectivity index (χ4n) is 2.56. The highest BCUT2D eigenvalue weighted by molar-refractivity contribution is 9.10. The molecule has 0 bridgehead atoms. The highest BCUT2D eigenvalue weighted by atomic mass is 79.9. The van der Waals surface area contributed by atoms with Gasteiger partial charge in [0.2, 0.25) is 0 Å². The van der Waals surface area contributed by atoms with Crippen LogP contribution in [-0.2, 0) is 0 Å². The van der Waals surface area contributed by atoms with Crippen molar-refractivity contribution in [1.82, 2.24) is 0 Å². The molecule has 0 amide bonds. The smallest absolute Gasteiger partial charge is 0.128 e. The van der Waals surface area contributed by atoms with Gasteiger partial charge in [-0.1, -0.05) is 28.1 Å². The lowest BCUT2D eigenvalue weighted by Crippen LogP contribution is -2.24. The van der Waals surface area contributed by atoms with Crippen LogP contribution < -0.4 is 15.2 Å². The summed E-state index contributed by atoms with van der Waals surface area (Å²) in [6, 6.07) is 10.1. The summed E-state index contributed by atoms with van der Waals surface area (Å²) in [6.07, 6.45) is 0.429. The molecule has 3 rings (SSSR count). The van der Waals surface area contributed by atoms with E-state index in [0.29, 0.717) is 16.6 Å². The average Bonchev–Trinajstić information content (AvgIpc) is 2.46. The Kier molecular flexibility index (Phi) is 3.87. The van der Waals surface area contributed by atoms with E-state index in [9.17, 15) is 4.39 Å². The SMILES string of the molecule is COc1ccc2c(c1)OC(c1ccc(F)cc1Br)C[C@H]2N. The molecule has 2 atom stereocenters. The minimum Gasteiger partial charge on any atom is -0.497 e. The highest BCUT2D eigenvalue weighted by Gasteiger charge is 2.28. The van der Waals surface area contributed by atoms with Gasteiger partial charge in [0, 0.05) is 34.1 Å². The first-order valence-corrected chi connectivity index (χ1v) is 7.43. The molecule has 0 aliphatic carbocycles. The molecular formula is C16H15BrFNO2. The van der Waals surface area contributed by atoms with E-state index in [0.717, 1.165) is 16.9 Å². The molecule has 1 heterocycles. The monoisotopic (exact) mass is 351 g/mol. The maximum absolute atomic E-state index is 13.2. The molecule has 0 aromatic heterocycles. The predicted octanol–water partition coefficient (Wildman–Crippen LogP) is 4.12. The standard InChI is InChI=1S/C16H15BrFNO2/c1-20-10-3-5-12-14(19)8-16(21-15(12)7-10)11-4-2-9(18)6-13(11)17/h2-7,14,16H,8,19H2,1H3/t14-,16?/m1/s1. The van der Waals surface area contributed by atoms with Crippen molar-refractivity contribution in [3.05, 3.63) is 57.8 Å². The molecule has 5 heteroatoms. The third-order valence-corrected chi connectivity index (χ3v) is 4.35. The van der Waals surface area contributed by atoms with Crippen molar-refractivity contribution in [2.45, 2.75) is 18.6 Å². The van der Waals surface area contributed by atoms with Crippen LogP contribution in [0.2, 0.25) is 0 Å². The van der Waals surface area contributed by atoms with Gasteiger partial charge in [0.05, 0.1) is 7.11 Å². The summed E-state index contributed by atoms with van der Waals surface area (Å²) in [6.45, 7) is 0. The molecule has 2 N–H and O–H groups in total. The number of rotatable bonds is 2. The molecule has 2 aromatic carbocycles. The molecule has 0 saturated heterocycles. The van der Waals surface area contributed by atoms with E-state index in [4.69, 9.17) is 15.2 Å². The molecule has 1 unspecified atom stereocenters. The lowest BCUT2D eigenvalue weighted by molar-refractivity contribution is 0.160. The van der Waals surface area contributed by atoms with E-state index in [1.165, 1.54) is 12.1 Å². The van der Waals surface area contributed by atoms with Crippen LogP contribution in [0.3, 0.4) is 0 Å². The Labute approximate surface area is 131 Å². The number of benzene rings is 2. The number of nitrogens with two attached hydrogens (primary N) is 1. The summed E-state index contributed by atoms with van der Waals surface area (Å²) in [5, 5.41) is 0. The third kappa shape index (κ3) is 2.76. The van der Waals surface area contributed by atoms with Crippen molar-refractivity contribution in [2.75, 3.05) is 7.11 Å². The minimum absolute atomic E-state index is 0.124. The number of ether oxygens (including phenoxy) is 2. The summed E-state index contributed by atoms with van der Waals surface area (Å²) in [7, 11) is 1.61. The van der Waals surface area contributed by atoms with Gasteiger partial charge in [0.1, 0.15) is 23.4 Å². The molecule has 0 spiro atoms. The Hall–Kier alpha value is -1.59. The molecular weight excluding hydrogens is 337 g/mol. The number of hydrogen-bond donors (Lipinski definition) is 1. The molecule has 0 fully saturated rings. The first-order chi connectivity index (χ1) is 10.1. The number of hydrogen-bond acceptors (Lipinski definition) is 3. The molecule has 2 aromatic rings. The Morgan fingerprint density at radius 1 is 1.24 bits per heavy atom. The van der Waals surface area contributed by atoms with Crippen molar-refractivity contribution in [3.63, 3.8) is 0 Å². The Bertz CT molecular complexity index is 677. The zero-order valence-corrected chi connectivity index (χ0v) is 13.1. The number of halogens is 2. The van der Waals surface area contributed by atoms with E-state index in [2.05, 4.69) is 15.9 Å². The van der Waals surface area contributed by atoms with E-state index in [1.807, 2.05) is 18.2 Å². The van der Waals surface area contributed by atoms with Gasteiger partial charge in [-0.25, -0.2) is 4.39 Å². The van der Waals surface area contributed by atoms with E-state index in [-0.39, 0.29) is 18.0 Å². The fourth-order valence-corrected chi connectivity index (χ4v) is 3.17. The van der Waals surface area contributed by atoms with Crippen LogP contribution in [0.4, 0.5) is 4.39 Å². The summed E-state index contributed by atoms with van der Waals surface area (Å²) in [5.41, 5.74) is 8.09. The Morgan fingerprint density at radius 2 is 2.00 bits per heavy atom. The van der Waals surface area contributed by atoms with Gasteiger partial charge >= 0.3 is 0 Å². The second kappa shape index (κ2) is 5.66. The van der Waals surface area contributed by atoms with Gasteiger partial charge in [-0.15, -0.1) is 0 Å². The summed E-state index contributed by atoms with van der Waals surface area (Å²) in [4.78, 5) is 0. The molecule has 21 heavy (non-hydrogen) atoms. The summed E-state index contributed by atoms with van der Waals surface area (Å²) >= 11 is 3.39. The Morgan fingerprint density at radius 3 is 2.71 bits per heavy atom. The van der Waals surface area contributed by atoms with E-state index in [1.54, 1.807) is 13.2 Å². The molecule has 0 saturated carbocycles. The van der Waals surface area contributed by atoms with Gasteiger partial charge < -0.3 is 15.2 Å². The molecule has 0 radical (unpaired) electrons. The second-order valence-electron chi connectivity index (χ2n) is 5.02. The van der Waals surface area contributed by atoms with Crippen LogP contribution in [0.25, 0.3) is 0 Å². The second-order valence-corrected chi connectivity index (χ2v) is 5.87. The van der Waals surface area contributed by atoms with Crippen LogP contribution >= 0.6 is 15.9 Å². The van der Waals surface area contributed by atoms with Crippen molar-refractivity contribution in [3.8, 4) is 11.5 Å². The average molecular weight is 352 g/mol. The molecule has 1 aliphatic rings. The topological polar surface area (TPSA) is 44.5 Å². The number of fused-ring (bicyclic) bond motifs is 1. The van der Waals surface area contributed by atoms with Gasteiger partial charge in [0.25, 0.3) is 0 Å². The van der Waals surface area contributed by atoms with Crippen molar-refractivity contribution < 1.29 is 13.9 Å². The van der Waals surface area contributed by atoms with Crippen LogP contribution in [0.1, 0.15) is 29.7 Å². The van der Waals surface area contributed by atoms with Crippen LogP contribution in [0.15, 0.2) is 40.9 Å². The maximum Gasteiger partial charge on any atom is 0.128 e. The van der Waals surface area contributed by atoms with Crippen LogP contribution in [-0.4, -0.2) is 7.11 Å². The number of methoxy groups -OCH3 is 1. The normalized spacial score (nSPS) is 20.6. The van der Waals surface area contributed by atoms with E-state index < -0.39 is 0 Å². The Balaban J connectivity index is 1.96. The first kappa shape index (κ1) is 14.4. The summed E-state index contributed by atoms with van der Waals surface area (Å²) < 4.78 is 25.2. The third-order valence-electron chi connectivity index (χ3n) is 3.67. The van der Waals surface area contributed by atoms with Crippen LogP contribution in [0, 0.1) is 5.82 Å². The summed E-state index contributed by atoms with van der Waals surface area (Å²) in [5.74, 6) is 1.15. The quantitative estimate of drug-likeness (QED) is 0.884. The van der Waals surface area contributed by atoms with Gasteiger partial charge in [-0.05, 0) is 18.2 Å².